The average molecular weight is 412 g/mol. The van der Waals surface area contributed by atoms with Crippen molar-refractivity contribution in [3.05, 3.63) is 47.7 Å². The van der Waals surface area contributed by atoms with Gasteiger partial charge in [0.15, 0.2) is 11.5 Å². The minimum absolute atomic E-state index is 0.180. The molecule has 3 aromatic rings. The third kappa shape index (κ3) is 4.07. The van der Waals surface area contributed by atoms with Crippen LogP contribution in [0.1, 0.15) is 15.9 Å². The molecule has 7 heteroatoms. The quantitative estimate of drug-likeness (QED) is 0.565. The van der Waals surface area contributed by atoms with Crippen LogP contribution in [0.2, 0.25) is 0 Å². The van der Waals surface area contributed by atoms with E-state index in [0.29, 0.717) is 22.8 Å². The molecule has 160 valence electrons. The average Bonchev–Trinajstić information content (AvgIpc) is 3.13. The van der Waals surface area contributed by atoms with Crippen molar-refractivity contribution in [1.29, 1.82) is 0 Å². The first-order chi connectivity index (χ1) is 14.4. The van der Waals surface area contributed by atoms with Crippen molar-refractivity contribution in [2.24, 2.45) is 0 Å². The number of methoxy groups -OCH3 is 4. The smallest absolute Gasteiger partial charge is 0.262 e. The summed E-state index contributed by atoms with van der Waals surface area (Å²) in [5.41, 5.74) is 2.35. The number of carbonyl (C=O) groups excluding carboxylic acids is 1. The van der Waals surface area contributed by atoms with Crippen LogP contribution >= 0.6 is 0 Å². The molecule has 7 nitrogen and oxygen atoms in total. The van der Waals surface area contributed by atoms with E-state index in [4.69, 9.17) is 18.9 Å². The first-order valence-corrected chi connectivity index (χ1v) is 9.60. The molecule has 0 N–H and O–H groups in total. The summed E-state index contributed by atoms with van der Waals surface area (Å²) >= 11 is 0. The van der Waals surface area contributed by atoms with Gasteiger partial charge in [0.1, 0.15) is 5.75 Å². The number of likely N-dealkylation sites (N-methyl/N-ethyl adjacent to an activating group) is 1. The van der Waals surface area contributed by atoms with Crippen LogP contribution in [-0.4, -0.2) is 64.5 Å². The molecule has 2 aromatic carbocycles. The maximum Gasteiger partial charge on any atom is 0.262 e. The summed E-state index contributed by atoms with van der Waals surface area (Å²) in [5, 5.41) is 0.997. The van der Waals surface area contributed by atoms with Gasteiger partial charge < -0.3 is 23.8 Å². The van der Waals surface area contributed by atoms with Gasteiger partial charge in [-0.1, -0.05) is 0 Å². The normalized spacial score (nSPS) is 11.0. The minimum atomic E-state index is -0.180. The Kier molecular flexibility index (Phi) is 6.52. The first kappa shape index (κ1) is 21.5. The van der Waals surface area contributed by atoms with Gasteiger partial charge in [-0.05, 0) is 56.4 Å². The second-order valence-electron chi connectivity index (χ2n) is 7.18. The number of benzene rings is 2. The van der Waals surface area contributed by atoms with E-state index in [1.165, 1.54) is 21.3 Å². The molecule has 0 aliphatic carbocycles. The van der Waals surface area contributed by atoms with Gasteiger partial charge in [0.05, 0.1) is 34.0 Å². The standard InChI is InChI=1S/C23H28N2O5/c1-24(2)10-9-15-14-25(19-8-7-17(27-3)13-18(15)19)23(26)16-11-20(28-4)22(30-6)21(12-16)29-5/h7-8,11-14H,9-10H2,1-6H3. The van der Waals surface area contributed by atoms with Crippen molar-refractivity contribution in [2.45, 2.75) is 6.42 Å². The highest BCUT2D eigenvalue weighted by atomic mass is 16.5. The molecule has 0 spiro atoms. The van der Waals surface area contributed by atoms with Gasteiger partial charge in [0.25, 0.3) is 5.91 Å². The summed E-state index contributed by atoms with van der Waals surface area (Å²) in [5.74, 6) is 1.90. The molecule has 0 fully saturated rings. The predicted molar refractivity (Wildman–Crippen MR) is 117 cm³/mol. The highest BCUT2D eigenvalue weighted by Crippen LogP contribution is 2.38. The van der Waals surface area contributed by atoms with E-state index >= 15 is 0 Å². The van der Waals surface area contributed by atoms with Crippen LogP contribution in [0.5, 0.6) is 23.0 Å². The monoisotopic (exact) mass is 412 g/mol. The fourth-order valence-corrected chi connectivity index (χ4v) is 3.46. The largest absolute Gasteiger partial charge is 0.497 e. The Balaban J connectivity index is 2.13. The van der Waals surface area contributed by atoms with Gasteiger partial charge in [-0.2, -0.15) is 0 Å². The lowest BCUT2D eigenvalue weighted by Gasteiger charge is -2.14. The van der Waals surface area contributed by atoms with Gasteiger partial charge >= 0.3 is 0 Å². The predicted octanol–water partition coefficient (Wildman–Crippen LogP) is 3.47. The van der Waals surface area contributed by atoms with E-state index in [9.17, 15) is 4.79 Å². The number of rotatable bonds is 8. The topological polar surface area (TPSA) is 62.2 Å². The van der Waals surface area contributed by atoms with Gasteiger partial charge in [0.2, 0.25) is 5.75 Å². The van der Waals surface area contributed by atoms with Crippen molar-refractivity contribution in [3.63, 3.8) is 0 Å². The SMILES string of the molecule is COc1ccc2c(c1)c(CCN(C)C)cn2C(=O)c1cc(OC)c(OC)c(OC)c1. The fraction of sp³-hybridized carbons (Fsp3) is 0.348. The molecule has 0 bridgehead atoms. The molecule has 0 radical (unpaired) electrons. The molecular formula is C23H28N2O5. The van der Waals surface area contributed by atoms with Gasteiger partial charge in [0, 0.05) is 23.7 Å². The maximum absolute atomic E-state index is 13.5. The van der Waals surface area contributed by atoms with E-state index in [2.05, 4.69) is 4.90 Å². The van der Waals surface area contributed by atoms with Crippen LogP contribution < -0.4 is 18.9 Å². The van der Waals surface area contributed by atoms with E-state index in [1.807, 2.05) is 38.5 Å². The van der Waals surface area contributed by atoms with Gasteiger partial charge in [-0.15, -0.1) is 0 Å². The van der Waals surface area contributed by atoms with Crippen LogP contribution in [0.4, 0.5) is 0 Å². The molecule has 0 aliphatic rings. The minimum Gasteiger partial charge on any atom is -0.497 e. The summed E-state index contributed by atoms with van der Waals surface area (Å²) in [4.78, 5) is 15.6. The second-order valence-corrected chi connectivity index (χ2v) is 7.18. The van der Waals surface area contributed by atoms with E-state index in [1.54, 1.807) is 23.8 Å². The molecule has 3 rings (SSSR count). The summed E-state index contributed by atoms with van der Waals surface area (Å²) in [6, 6.07) is 9.07. The Morgan fingerprint density at radius 3 is 2.13 bits per heavy atom. The first-order valence-electron chi connectivity index (χ1n) is 9.60. The highest BCUT2D eigenvalue weighted by molar-refractivity contribution is 6.04. The molecule has 1 aromatic heterocycles. The van der Waals surface area contributed by atoms with Gasteiger partial charge in [-0.25, -0.2) is 0 Å². The van der Waals surface area contributed by atoms with E-state index in [0.717, 1.165) is 35.2 Å². The number of hydrogen-bond donors (Lipinski definition) is 0. The molecule has 30 heavy (non-hydrogen) atoms. The number of ether oxygens (including phenoxy) is 4. The molecule has 1 heterocycles. The lowest BCUT2D eigenvalue weighted by atomic mass is 10.1. The Hall–Kier alpha value is -3.19. The van der Waals surface area contributed by atoms with Crippen LogP contribution in [-0.2, 0) is 6.42 Å². The van der Waals surface area contributed by atoms with Crippen molar-refractivity contribution in [3.8, 4) is 23.0 Å². The molecular weight excluding hydrogens is 384 g/mol. The Morgan fingerprint density at radius 2 is 1.60 bits per heavy atom. The number of carbonyl (C=O) groups is 1. The number of fused-ring (bicyclic) bond motifs is 1. The summed E-state index contributed by atoms with van der Waals surface area (Å²) in [6.45, 7) is 0.870. The molecule has 0 aliphatic heterocycles. The lowest BCUT2D eigenvalue weighted by Crippen LogP contribution is -2.15. The van der Waals surface area contributed by atoms with E-state index in [-0.39, 0.29) is 5.91 Å². The summed E-state index contributed by atoms with van der Waals surface area (Å²) < 4.78 is 23.2. The van der Waals surface area contributed by atoms with Crippen LogP contribution in [0.25, 0.3) is 10.9 Å². The van der Waals surface area contributed by atoms with Crippen molar-refractivity contribution >= 4 is 16.8 Å². The Labute approximate surface area is 176 Å². The maximum atomic E-state index is 13.5. The van der Waals surface area contributed by atoms with Crippen molar-refractivity contribution in [2.75, 3.05) is 49.1 Å². The zero-order chi connectivity index (χ0) is 21.8. The van der Waals surface area contributed by atoms with Crippen LogP contribution in [0.3, 0.4) is 0 Å². The molecule has 0 amide bonds. The lowest BCUT2D eigenvalue weighted by molar-refractivity contribution is 0.0964. The van der Waals surface area contributed by atoms with Crippen molar-refractivity contribution in [1.82, 2.24) is 9.47 Å². The van der Waals surface area contributed by atoms with Gasteiger partial charge in [-0.3, -0.25) is 9.36 Å². The Bertz CT molecular complexity index is 1030. The van der Waals surface area contributed by atoms with Crippen molar-refractivity contribution < 1.29 is 23.7 Å². The zero-order valence-electron chi connectivity index (χ0n) is 18.3. The second kappa shape index (κ2) is 9.09. The molecule has 0 atom stereocenters. The van der Waals surface area contributed by atoms with Crippen LogP contribution in [0.15, 0.2) is 36.5 Å². The summed E-state index contributed by atoms with van der Waals surface area (Å²) in [7, 11) is 10.3. The third-order valence-corrected chi connectivity index (χ3v) is 5.05. The molecule has 0 saturated heterocycles. The summed E-state index contributed by atoms with van der Waals surface area (Å²) in [6.07, 6.45) is 2.71. The number of nitrogens with zero attached hydrogens (tertiary/aromatic N) is 2. The van der Waals surface area contributed by atoms with E-state index < -0.39 is 0 Å². The number of aromatic nitrogens is 1. The Morgan fingerprint density at radius 1 is 0.933 bits per heavy atom. The molecule has 0 unspecified atom stereocenters. The molecule has 0 saturated carbocycles. The fourth-order valence-electron chi connectivity index (χ4n) is 3.46. The van der Waals surface area contributed by atoms with Crippen LogP contribution in [0, 0.1) is 0 Å². The number of hydrogen-bond acceptors (Lipinski definition) is 6. The zero-order valence-corrected chi connectivity index (χ0v) is 18.3. The third-order valence-electron chi connectivity index (χ3n) is 5.05. The highest BCUT2D eigenvalue weighted by Gasteiger charge is 2.21.